The maximum atomic E-state index is 8.37. The second-order valence-electron chi connectivity index (χ2n) is 2.06. The fraction of sp³-hybridized carbons (Fsp3) is 0.333. The van der Waals surface area contributed by atoms with E-state index in [1.54, 1.807) is 0 Å². The van der Waals surface area contributed by atoms with Crippen LogP contribution in [-0.2, 0) is 0 Å². The summed E-state index contributed by atoms with van der Waals surface area (Å²) in [6.45, 7) is 3.76. The van der Waals surface area contributed by atoms with Crippen LogP contribution in [0.3, 0.4) is 0 Å². The van der Waals surface area contributed by atoms with Crippen LogP contribution < -0.4 is 0 Å². The standard InChI is InChI=1S/C9H11BrO/c1-8(4-3-7-11)5-6-9(2)10/h5-6,11H,7H2,1-2H3/b8-5+,9-6+. The van der Waals surface area contributed by atoms with Gasteiger partial charge in [0.1, 0.15) is 6.61 Å². The van der Waals surface area contributed by atoms with Crippen molar-refractivity contribution in [2.45, 2.75) is 13.8 Å². The SMILES string of the molecule is C/C(Br)=C\C=C(/C)C#CCO. The molecule has 0 aromatic heterocycles. The molecular weight excluding hydrogens is 204 g/mol. The van der Waals surface area contributed by atoms with E-state index in [4.69, 9.17) is 5.11 Å². The van der Waals surface area contributed by atoms with Gasteiger partial charge >= 0.3 is 0 Å². The molecular formula is C9H11BrO. The molecule has 60 valence electrons. The lowest BCUT2D eigenvalue weighted by molar-refractivity contribution is 0.350. The summed E-state index contributed by atoms with van der Waals surface area (Å²) in [5.41, 5.74) is 0.942. The van der Waals surface area contributed by atoms with E-state index in [1.807, 2.05) is 26.0 Å². The predicted molar refractivity (Wildman–Crippen MR) is 51.3 cm³/mol. The van der Waals surface area contributed by atoms with E-state index in [-0.39, 0.29) is 6.61 Å². The van der Waals surface area contributed by atoms with Gasteiger partial charge in [0, 0.05) is 0 Å². The summed E-state index contributed by atoms with van der Waals surface area (Å²) in [6.07, 6.45) is 3.81. The van der Waals surface area contributed by atoms with Gasteiger partial charge in [0.25, 0.3) is 0 Å². The summed E-state index contributed by atoms with van der Waals surface area (Å²) in [5.74, 6) is 5.35. The van der Waals surface area contributed by atoms with Crippen LogP contribution in [0.5, 0.6) is 0 Å². The number of rotatable bonds is 1. The van der Waals surface area contributed by atoms with Gasteiger partial charge in [0.15, 0.2) is 0 Å². The average molecular weight is 215 g/mol. The monoisotopic (exact) mass is 214 g/mol. The third kappa shape index (κ3) is 7.38. The Morgan fingerprint density at radius 1 is 1.45 bits per heavy atom. The molecule has 0 rings (SSSR count). The van der Waals surface area contributed by atoms with Gasteiger partial charge in [-0.3, -0.25) is 0 Å². The number of aliphatic hydroxyl groups excluding tert-OH is 1. The molecule has 0 aliphatic rings. The van der Waals surface area contributed by atoms with Crippen LogP contribution in [-0.4, -0.2) is 11.7 Å². The smallest absolute Gasteiger partial charge is 0.104 e. The Balaban J connectivity index is 4.12. The highest BCUT2D eigenvalue weighted by molar-refractivity contribution is 9.11. The molecule has 0 atom stereocenters. The van der Waals surface area contributed by atoms with Crippen molar-refractivity contribution in [2.24, 2.45) is 0 Å². The second-order valence-corrected chi connectivity index (χ2v) is 3.31. The van der Waals surface area contributed by atoms with Crippen molar-refractivity contribution in [2.75, 3.05) is 6.61 Å². The fourth-order valence-corrected chi connectivity index (χ4v) is 0.593. The average Bonchev–Trinajstić information content (AvgIpc) is 1.97. The zero-order valence-electron chi connectivity index (χ0n) is 6.69. The quantitative estimate of drug-likeness (QED) is 0.525. The van der Waals surface area contributed by atoms with Crippen molar-refractivity contribution in [3.8, 4) is 11.8 Å². The Kier molecular flexibility index (Phi) is 5.91. The highest BCUT2D eigenvalue weighted by Gasteiger charge is 1.78. The molecule has 2 heteroatoms. The number of hydrogen-bond donors (Lipinski definition) is 1. The minimum Gasteiger partial charge on any atom is -0.384 e. The maximum absolute atomic E-state index is 8.37. The first-order valence-corrected chi connectivity index (χ1v) is 4.06. The van der Waals surface area contributed by atoms with Crippen LogP contribution in [0.25, 0.3) is 0 Å². The van der Waals surface area contributed by atoms with Crippen LogP contribution in [0, 0.1) is 11.8 Å². The van der Waals surface area contributed by atoms with Crippen molar-refractivity contribution in [3.63, 3.8) is 0 Å². The number of aliphatic hydroxyl groups is 1. The third-order valence-corrected chi connectivity index (χ3v) is 1.19. The summed E-state index contributed by atoms with van der Waals surface area (Å²) in [6, 6.07) is 0. The second kappa shape index (κ2) is 6.21. The molecule has 0 bridgehead atoms. The zero-order chi connectivity index (χ0) is 8.69. The molecule has 1 N–H and O–H groups in total. The lowest BCUT2D eigenvalue weighted by atomic mass is 10.3. The third-order valence-electron chi connectivity index (χ3n) is 0.928. The molecule has 1 nitrogen and oxygen atoms in total. The maximum Gasteiger partial charge on any atom is 0.104 e. The molecule has 0 saturated heterocycles. The highest BCUT2D eigenvalue weighted by Crippen LogP contribution is 2.02. The molecule has 0 radical (unpaired) electrons. The van der Waals surface area contributed by atoms with Gasteiger partial charge in [0.2, 0.25) is 0 Å². The minimum atomic E-state index is -0.0812. The van der Waals surface area contributed by atoms with Gasteiger partial charge in [-0.2, -0.15) is 0 Å². The van der Waals surface area contributed by atoms with Gasteiger partial charge < -0.3 is 5.11 Å². The van der Waals surface area contributed by atoms with Crippen molar-refractivity contribution < 1.29 is 5.11 Å². The Bertz CT molecular complexity index is 224. The molecule has 11 heavy (non-hydrogen) atoms. The zero-order valence-corrected chi connectivity index (χ0v) is 8.27. The predicted octanol–water partition coefficient (Wildman–Crippen LogP) is 2.23. The van der Waals surface area contributed by atoms with E-state index in [9.17, 15) is 0 Å². The first-order valence-electron chi connectivity index (χ1n) is 3.27. The molecule has 0 aromatic carbocycles. The van der Waals surface area contributed by atoms with E-state index in [0.717, 1.165) is 10.1 Å². The van der Waals surface area contributed by atoms with Crippen LogP contribution in [0.2, 0.25) is 0 Å². The fourth-order valence-electron chi connectivity index (χ4n) is 0.460. The number of halogens is 1. The minimum absolute atomic E-state index is 0.0812. The molecule has 0 aromatic rings. The van der Waals surface area contributed by atoms with E-state index < -0.39 is 0 Å². The summed E-state index contributed by atoms with van der Waals surface area (Å²) < 4.78 is 1.06. The van der Waals surface area contributed by atoms with Crippen molar-refractivity contribution in [3.05, 3.63) is 22.2 Å². The van der Waals surface area contributed by atoms with Crippen LogP contribution >= 0.6 is 15.9 Å². The molecule has 0 heterocycles. The van der Waals surface area contributed by atoms with Gasteiger partial charge in [-0.25, -0.2) is 0 Å². The highest BCUT2D eigenvalue weighted by atomic mass is 79.9. The van der Waals surface area contributed by atoms with E-state index in [1.165, 1.54) is 0 Å². The summed E-state index contributed by atoms with van der Waals surface area (Å²) in [5, 5.41) is 8.37. The summed E-state index contributed by atoms with van der Waals surface area (Å²) in [4.78, 5) is 0. The normalized spacial score (nSPS) is 12.4. The number of hydrogen-bond acceptors (Lipinski definition) is 1. The first kappa shape index (κ1) is 10.5. The van der Waals surface area contributed by atoms with Gasteiger partial charge in [0.05, 0.1) is 0 Å². The molecule has 0 spiro atoms. The summed E-state index contributed by atoms with van der Waals surface area (Å²) >= 11 is 3.29. The van der Waals surface area contributed by atoms with E-state index >= 15 is 0 Å². The van der Waals surface area contributed by atoms with Crippen molar-refractivity contribution in [1.29, 1.82) is 0 Å². The lowest BCUT2D eigenvalue weighted by Crippen LogP contribution is -1.73. The topological polar surface area (TPSA) is 20.2 Å². The summed E-state index contributed by atoms with van der Waals surface area (Å²) in [7, 11) is 0. The van der Waals surface area contributed by atoms with Crippen LogP contribution in [0.1, 0.15) is 13.8 Å². The molecule has 0 unspecified atom stereocenters. The Morgan fingerprint density at radius 3 is 2.55 bits per heavy atom. The van der Waals surface area contributed by atoms with Gasteiger partial charge in [-0.15, -0.1) is 0 Å². The number of allylic oxidation sites excluding steroid dienone is 4. The molecule has 0 amide bonds. The Morgan fingerprint density at radius 2 is 2.09 bits per heavy atom. The Hall–Kier alpha value is -0.520. The van der Waals surface area contributed by atoms with E-state index in [0.29, 0.717) is 0 Å². The van der Waals surface area contributed by atoms with Crippen molar-refractivity contribution >= 4 is 15.9 Å². The largest absolute Gasteiger partial charge is 0.384 e. The van der Waals surface area contributed by atoms with Gasteiger partial charge in [-0.05, 0) is 23.9 Å². The van der Waals surface area contributed by atoms with E-state index in [2.05, 4.69) is 27.8 Å². The van der Waals surface area contributed by atoms with Crippen LogP contribution in [0.4, 0.5) is 0 Å². The first-order chi connectivity index (χ1) is 5.16. The van der Waals surface area contributed by atoms with Gasteiger partial charge in [-0.1, -0.05) is 39.9 Å². The van der Waals surface area contributed by atoms with Crippen LogP contribution in [0.15, 0.2) is 22.2 Å². The Labute approximate surface area is 75.9 Å². The molecule has 0 aliphatic carbocycles. The molecule has 0 aliphatic heterocycles. The lowest BCUT2D eigenvalue weighted by Gasteiger charge is -1.84. The van der Waals surface area contributed by atoms with Crippen molar-refractivity contribution in [1.82, 2.24) is 0 Å². The molecule has 0 saturated carbocycles. The molecule has 0 fully saturated rings.